The second-order valence-corrected chi connectivity index (χ2v) is 5.54. The second-order valence-electron chi connectivity index (χ2n) is 4.56. The van der Waals surface area contributed by atoms with Crippen molar-refractivity contribution < 1.29 is 4.74 Å². The van der Waals surface area contributed by atoms with Gasteiger partial charge in [0.05, 0.1) is 6.61 Å². The van der Waals surface area contributed by atoms with Crippen molar-refractivity contribution in [3.8, 4) is 0 Å². The molecule has 3 heteroatoms. The molecular weight excluding hydrogens is 194 g/mol. The molecule has 0 amide bonds. The Morgan fingerprint density at radius 3 is 2.93 bits per heavy atom. The Bertz CT molecular complexity index is 294. The van der Waals surface area contributed by atoms with Gasteiger partial charge in [0, 0.05) is 16.5 Å². The summed E-state index contributed by atoms with van der Waals surface area (Å²) in [6, 6.07) is 4.61. The van der Waals surface area contributed by atoms with E-state index in [0.717, 1.165) is 6.61 Å². The third-order valence-electron chi connectivity index (χ3n) is 2.52. The van der Waals surface area contributed by atoms with E-state index in [1.165, 1.54) is 4.88 Å². The number of hydrogen-bond donors (Lipinski definition) is 1. The summed E-state index contributed by atoms with van der Waals surface area (Å²) in [5.74, 6) is 0. The smallest absolute Gasteiger partial charge is 0.107 e. The Labute approximate surface area is 89.3 Å². The van der Waals surface area contributed by atoms with E-state index in [4.69, 9.17) is 4.74 Å². The van der Waals surface area contributed by atoms with Crippen LogP contribution in [0.15, 0.2) is 17.5 Å². The first-order valence-electron chi connectivity index (χ1n) is 5.01. The van der Waals surface area contributed by atoms with E-state index in [0.29, 0.717) is 6.04 Å². The molecule has 1 N–H and O–H groups in total. The number of nitrogens with one attached hydrogen (secondary N) is 1. The molecule has 0 saturated carbocycles. The van der Waals surface area contributed by atoms with E-state index < -0.39 is 0 Å². The molecule has 1 aromatic heterocycles. The van der Waals surface area contributed by atoms with Gasteiger partial charge in [-0.3, -0.25) is 0 Å². The molecule has 0 aliphatic carbocycles. The minimum atomic E-state index is 0.104. The fraction of sp³-hybridized carbons (Fsp3) is 0.636. The van der Waals surface area contributed by atoms with Gasteiger partial charge in [0.2, 0.25) is 0 Å². The molecule has 78 valence electrons. The van der Waals surface area contributed by atoms with Gasteiger partial charge in [0.25, 0.3) is 0 Å². The molecular formula is C11H17NOS. The van der Waals surface area contributed by atoms with Crippen LogP contribution in [0.2, 0.25) is 0 Å². The second kappa shape index (κ2) is 3.65. The Kier molecular flexibility index (Phi) is 2.64. The van der Waals surface area contributed by atoms with Gasteiger partial charge in [-0.2, -0.15) is 0 Å². The molecule has 1 saturated heterocycles. The third-order valence-corrected chi connectivity index (χ3v) is 3.45. The predicted octanol–water partition coefficient (Wildman–Crippen LogP) is 2.58. The topological polar surface area (TPSA) is 21.3 Å². The first kappa shape index (κ1) is 10.1. The molecule has 1 aliphatic heterocycles. The van der Waals surface area contributed by atoms with Gasteiger partial charge < -0.3 is 10.1 Å². The maximum Gasteiger partial charge on any atom is 0.107 e. The van der Waals surface area contributed by atoms with Gasteiger partial charge in [-0.1, -0.05) is 6.07 Å². The Balaban J connectivity index is 2.10. The van der Waals surface area contributed by atoms with Gasteiger partial charge >= 0.3 is 0 Å². The van der Waals surface area contributed by atoms with Crippen LogP contribution in [0.3, 0.4) is 0 Å². The van der Waals surface area contributed by atoms with Crippen molar-refractivity contribution in [3.63, 3.8) is 0 Å². The summed E-state index contributed by atoms with van der Waals surface area (Å²) in [5, 5.41) is 5.68. The molecule has 2 nitrogen and oxygen atoms in total. The molecule has 2 atom stereocenters. The minimum Gasteiger partial charge on any atom is -0.369 e. The van der Waals surface area contributed by atoms with Crippen LogP contribution in [0.4, 0.5) is 0 Å². The number of morpholine rings is 1. The maximum absolute atomic E-state index is 5.90. The Morgan fingerprint density at radius 2 is 2.36 bits per heavy atom. The number of hydrogen-bond acceptors (Lipinski definition) is 3. The zero-order chi connectivity index (χ0) is 10.2. The van der Waals surface area contributed by atoms with Crippen molar-refractivity contribution in [3.05, 3.63) is 22.4 Å². The first-order valence-corrected chi connectivity index (χ1v) is 5.89. The fourth-order valence-electron chi connectivity index (χ4n) is 1.96. The van der Waals surface area contributed by atoms with Crippen molar-refractivity contribution in [1.82, 2.24) is 5.32 Å². The van der Waals surface area contributed by atoms with Crippen molar-refractivity contribution in [2.24, 2.45) is 0 Å². The normalized spacial score (nSPS) is 31.6. The lowest BCUT2D eigenvalue weighted by atomic mass is 9.99. The van der Waals surface area contributed by atoms with Crippen LogP contribution in [0.1, 0.15) is 31.8 Å². The molecule has 0 bridgehead atoms. The van der Waals surface area contributed by atoms with Crippen LogP contribution in [0.5, 0.6) is 0 Å². The minimum absolute atomic E-state index is 0.104. The largest absolute Gasteiger partial charge is 0.369 e. The molecule has 1 aromatic rings. The highest BCUT2D eigenvalue weighted by Crippen LogP contribution is 2.30. The molecule has 14 heavy (non-hydrogen) atoms. The van der Waals surface area contributed by atoms with Gasteiger partial charge in [0.1, 0.15) is 6.10 Å². The van der Waals surface area contributed by atoms with E-state index in [1.54, 1.807) is 11.3 Å². The molecule has 2 unspecified atom stereocenters. The maximum atomic E-state index is 5.90. The van der Waals surface area contributed by atoms with Crippen LogP contribution in [-0.2, 0) is 4.74 Å². The highest BCUT2D eigenvalue weighted by Gasteiger charge is 2.33. The van der Waals surface area contributed by atoms with Crippen LogP contribution in [-0.4, -0.2) is 18.2 Å². The summed E-state index contributed by atoms with van der Waals surface area (Å²) in [5.41, 5.74) is 0.104. The van der Waals surface area contributed by atoms with Gasteiger partial charge in [-0.15, -0.1) is 11.3 Å². The van der Waals surface area contributed by atoms with Crippen molar-refractivity contribution in [2.75, 3.05) is 6.61 Å². The van der Waals surface area contributed by atoms with Gasteiger partial charge in [-0.05, 0) is 32.2 Å². The van der Waals surface area contributed by atoms with Crippen LogP contribution in [0, 0.1) is 0 Å². The van der Waals surface area contributed by atoms with Crippen LogP contribution < -0.4 is 5.32 Å². The summed E-state index contributed by atoms with van der Waals surface area (Å²) in [7, 11) is 0. The van der Waals surface area contributed by atoms with E-state index in [9.17, 15) is 0 Å². The first-order chi connectivity index (χ1) is 6.58. The van der Waals surface area contributed by atoms with Crippen molar-refractivity contribution in [2.45, 2.75) is 38.5 Å². The SMILES string of the molecule is CC1NC(C)(C)COC1c1cccs1. The van der Waals surface area contributed by atoms with E-state index in [2.05, 4.69) is 43.6 Å². The summed E-state index contributed by atoms with van der Waals surface area (Å²) in [4.78, 5) is 1.32. The molecule has 2 heterocycles. The van der Waals surface area contributed by atoms with E-state index >= 15 is 0 Å². The average molecular weight is 211 g/mol. The summed E-state index contributed by atoms with van der Waals surface area (Å²) in [6.07, 6.45) is 0.225. The van der Waals surface area contributed by atoms with E-state index in [1.807, 2.05) is 0 Å². The lowest BCUT2D eigenvalue weighted by molar-refractivity contribution is -0.0478. The highest BCUT2D eigenvalue weighted by atomic mass is 32.1. The Morgan fingerprint density at radius 1 is 1.57 bits per heavy atom. The Hall–Kier alpha value is -0.380. The number of rotatable bonds is 1. The molecule has 1 aliphatic rings. The number of ether oxygens (including phenoxy) is 1. The molecule has 1 fully saturated rings. The van der Waals surface area contributed by atoms with Crippen LogP contribution in [0.25, 0.3) is 0 Å². The molecule has 0 radical (unpaired) electrons. The average Bonchev–Trinajstić information content (AvgIpc) is 2.54. The fourth-order valence-corrected chi connectivity index (χ4v) is 2.84. The third kappa shape index (κ3) is 2.00. The zero-order valence-corrected chi connectivity index (χ0v) is 9.73. The monoisotopic (exact) mass is 211 g/mol. The summed E-state index contributed by atoms with van der Waals surface area (Å²) < 4.78 is 5.90. The summed E-state index contributed by atoms with van der Waals surface area (Å²) in [6.45, 7) is 7.31. The van der Waals surface area contributed by atoms with Gasteiger partial charge in [0.15, 0.2) is 0 Å². The van der Waals surface area contributed by atoms with Crippen molar-refractivity contribution >= 4 is 11.3 Å². The number of thiophene rings is 1. The van der Waals surface area contributed by atoms with Crippen LogP contribution >= 0.6 is 11.3 Å². The molecule has 0 spiro atoms. The van der Waals surface area contributed by atoms with E-state index in [-0.39, 0.29) is 11.6 Å². The molecule has 0 aromatic carbocycles. The zero-order valence-electron chi connectivity index (χ0n) is 8.91. The lowest BCUT2D eigenvalue weighted by Gasteiger charge is -2.40. The lowest BCUT2D eigenvalue weighted by Crippen LogP contribution is -2.55. The molecule has 2 rings (SSSR count). The quantitative estimate of drug-likeness (QED) is 0.771. The predicted molar refractivity (Wildman–Crippen MR) is 59.7 cm³/mol. The van der Waals surface area contributed by atoms with Gasteiger partial charge in [-0.25, -0.2) is 0 Å². The highest BCUT2D eigenvalue weighted by molar-refractivity contribution is 7.10. The standard InChI is InChI=1S/C11H17NOS/c1-8-10(9-5-4-6-14-9)13-7-11(2,3)12-8/h4-6,8,10,12H,7H2,1-3H3. The van der Waals surface area contributed by atoms with Crippen molar-refractivity contribution in [1.29, 1.82) is 0 Å². The summed E-state index contributed by atoms with van der Waals surface area (Å²) >= 11 is 1.77.